The zero-order chi connectivity index (χ0) is 14.0. The maximum Gasteiger partial charge on any atom is 0.373 e. The molecule has 1 heterocycles. The second-order valence-corrected chi connectivity index (χ2v) is 4.38. The van der Waals surface area contributed by atoms with Gasteiger partial charge in [-0.3, -0.25) is 0 Å². The van der Waals surface area contributed by atoms with Crippen LogP contribution < -0.4 is 0 Å². The van der Waals surface area contributed by atoms with Gasteiger partial charge in [-0.25, -0.2) is 9.78 Å². The fourth-order valence-electron chi connectivity index (χ4n) is 1.69. The Hall–Kier alpha value is -2.61. The molecule has 0 atom stereocenters. The van der Waals surface area contributed by atoms with Gasteiger partial charge in [0.05, 0.1) is 17.3 Å². The monoisotopic (exact) mass is 256 g/mol. The van der Waals surface area contributed by atoms with Crippen molar-refractivity contribution in [2.24, 2.45) is 0 Å². The van der Waals surface area contributed by atoms with E-state index in [2.05, 4.69) is 4.98 Å². The van der Waals surface area contributed by atoms with E-state index in [9.17, 15) is 4.79 Å². The highest BCUT2D eigenvalue weighted by molar-refractivity contribution is 5.86. The van der Waals surface area contributed by atoms with Crippen molar-refractivity contribution in [3.05, 3.63) is 41.3 Å². The van der Waals surface area contributed by atoms with Crippen molar-refractivity contribution in [2.45, 2.75) is 19.8 Å². The van der Waals surface area contributed by atoms with Crippen LogP contribution in [0.4, 0.5) is 0 Å². The van der Waals surface area contributed by atoms with E-state index in [4.69, 9.17) is 14.8 Å². The van der Waals surface area contributed by atoms with Crippen LogP contribution in [0.2, 0.25) is 0 Å². The average Bonchev–Trinajstić information content (AvgIpc) is 2.84. The van der Waals surface area contributed by atoms with Gasteiger partial charge < -0.3 is 9.52 Å². The fraction of sp³-hybridized carbons (Fsp3) is 0.214. The predicted molar refractivity (Wildman–Crippen MR) is 67.7 cm³/mol. The smallest absolute Gasteiger partial charge is 0.373 e. The van der Waals surface area contributed by atoms with Crippen LogP contribution in [0.1, 0.15) is 41.6 Å². The lowest BCUT2D eigenvalue weighted by molar-refractivity contribution is 0.0661. The Bertz CT molecular complexity index is 648. The van der Waals surface area contributed by atoms with Crippen molar-refractivity contribution in [3.8, 4) is 17.5 Å². The van der Waals surface area contributed by atoms with Crippen molar-refractivity contribution >= 4 is 5.97 Å². The van der Waals surface area contributed by atoms with Gasteiger partial charge in [0, 0.05) is 5.56 Å². The molecule has 5 heteroatoms. The minimum Gasteiger partial charge on any atom is -0.475 e. The summed E-state index contributed by atoms with van der Waals surface area (Å²) in [5.74, 6) is -1.04. The van der Waals surface area contributed by atoms with Crippen molar-refractivity contribution in [1.29, 1.82) is 5.26 Å². The van der Waals surface area contributed by atoms with E-state index in [0.29, 0.717) is 16.8 Å². The molecular weight excluding hydrogens is 244 g/mol. The molecule has 0 bridgehead atoms. The number of hydrogen-bond acceptors (Lipinski definition) is 4. The molecule has 1 aromatic heterocycles. The molecule has 0 saturated heterocycles. The Kier molecular flexibility index (Phi) is 3.34. The summed E-state index contributed by atoms with van der Waals surface area (Å²) < 4.78 is 5.30. The lowest BCUT2D eigenvalue weighted by Gasteiger charge is -1.98. The zero-order valence-electron chi connectivity index (χ0n) is 10.5. The molecule has 0 fully saturated rings. The van der Waals surface area contributed by atoms with Gasteiger partial charge in [-0.15, -0.1) is 0 Å². The van der Waals surface area contributed by atoms with Crippen LogP contribution in [0, 0.1) is 11.3 Å². The van der Waals surface area contributed by atoms with Crippen LogP contribution in [-0.4, -0.2) is 16.1 Å². The highest BCUT2D eigenvalue weighted by Gasteiger charge is 2.22. The van der Waals surface area contributed by atoms with E-state index in [0.717, 1.165) is 0 Å². The summed E-state index contributed by atoms with van der Waals surface area (Å²) in [5.41, 5.74) is 1.60. The molecule has 1 N–H and O–H groups in total. The lowest BCUT2D eigenvalue weighted by atomic mass is 10.1. The first-order valence-corrected chi connectivity index (χ1v) is 5.77. The van der Waals surface area contributed by atoms with Gasteiger partial charge in [-0.2, -0.15) is 5.26 Å². The number of carbonyl (C=O) groups is 1. The largest absolute Gasteiger partial charge is 0.475 e. The lowest BCUT2D eigenvalue weighted by Crippen LogP contribution is -2.01. The minimum atomic E-state index is -1.13. The van der Waals surface area contributed by atoms with Gasteiger partial charge in [0.25, 0.3) is 0 Å². The molecule has 2 rings (SSSR count). The molecule has 19 heavy (non-hydrogen) atoms. The molecule has 1 aromatic carbocycles. The van der Waals surface area contributed by atoms with E-state index in [1.165, 1.54) is 0 Å². The van der Waals surface area contributed by atoms with E-state index in [1.54, 1.807) is 24.3 Å². The average molecular weight is 256 g/mol. The molecule has 0 aliphatic heterocycles. The molecule has 2 aromatic rings. The van der Waals surface area contributed by atoms with Gasteiger partial charge >= 0.3 is 5.97 Å². The zero-order valence-corrected chi connectivity index (χ0v) is 10.5. The molecule has 0 unspecified atom stereocenters. The van der Waals surface area contributed by atoms with Gasteiger partial charge in [0.15, 0.2) is 0 Å². The molecule has 0 aliphatic rings. The summed E-state index contributed by atoms with van der Waals surface area (Å²) in [6, 6.07) is 8.64. The normalized spacial score (nSPS) is 10.4. The fourth-order valence-corrected chi connectivity index (χ4v) is 1.69. The van der Waals surface area contributed by atoms with Crippen molar-refractivity contribution in [2.75, 3.05) is 0 Å². The first kappa shape index (κ1) is 12.8. The van der Waals surface area contributed by atoms with Gasteiger partial charge in [0.1, 0.15) is 0 Å². The Labute approximate surface area is 110 Å². The molecule has 0 amide bonds. The Morgan fingerprint density at radius 1 is 1.37 bits per heavy atom. The highest BCUT2D eigenvalue weighted by Crippen LogP contribution is 2.26. The summed E-state index contributed by atoms with van der Waals surface area (Å²) in [6.45, 7) is 3.71. The summed E-state index contributed by atoms with van der Waals surface area (Å²) >= 11 is 0. The van der Waals surface area contributed by atoms with E-state index in [1.807, 2.05) is 19.9 Å². The van der Waals surface area contributed by atoms with E-state index < -0.39 is 5.97 Å². The highest BCUT2D eigenvalue weighted by atomic mass is 16.4. The van der Waals surface area contributed by atoms with Crippen LogP contribution in [0.5, 0.6) is 0 Å². The van der Waals surface area contributed by atoms with Crippen LogP contribution in [0.3, 0.4) is 0 Å². The number of nitrogens with zero attached hydrogens (tertiary/aromatic N) is 2. The second kappa shape index (κ2) is 4.94. The van der Waals surface area contributed by atoms with Crippen LogP contribution in [0.25, 0.3) is 11.5 Å². The minimum absolute atomic E-state index is 0.0398. The molecule has 5 nitrogen and oxygen atoms in total. The van der Waals surface area contributed by atoms with Crippen LogP contribution in [-0.2, 0) is 0 Å². The molecule has 0 spiro atoms. The van der Waals surface area contributed by atoms with Crippen LogP contribution >= 0.6 is 0 Å². The first-order valence-electron chi connectivity index (χ1n) is 5.77. The Morgan fingerprint density at radius 3 is 2.42 bits per heavy atom. The number of hydrogen-bond donors (Lipinski definition) is 1. The molecule has 0 saturated carbocycles. The Balaban J connectivity index is 2.48. The summed E-state index contributed by atoms with van der Waals surface area (Å²) in [6.07, 6.45) is 0. The van der Waals surface area contributed by atoms with Crippen molar-refractivity contribution in [1.82, 2.24) is 4.98 Å². The van der Waals surface area contributed by atoms with Crippen LogP contribution in [0.15, 0.2) is 28.7 Å². The number of carboxylic acid groups (broad SMARTS) is 1. The molecule has 96 valence electrons. The second-order valence-electron chi connectivity index (χ2n) is 4.38. The topological polar surface area (TPSA) is 87.1 Å². The quantitative estimate of drug-likeness (QED) is 0.911. The summed E-state index contributed by atoms with van der Waals surface area (Å²) in [7, 11) is 0. The third kappa shape index (κ3) is 2.47. The standard InChI is InChI=1S/C14H12N2O3/c1-8(2)11-12(14(17)18)19-13(16-11)10-5-3-9(7-15)4-6-10/h3-6,8H,1-2H3,(H,17,18). The maximum absolute atomic E-state index is 11.1. The Morgan fingerprint density at radius 2 is 2.00 bits per heavy atom. The van der Waals surface area contributed by atoms with Crippen molar-refractivity contribution in [3.63, 3.8) is 0 Å². The molecule has 0 aliphatic carbocycles. The predicted octanol–water partition coefficient (Wildman–Crippen LogP) is 3.03. The van der Waals surface area contributed by atoms with Gasteiger partial charge in [-0.05, 0) is 30.2 Å². The number of rotatable bonds is 3. The molecule has 0 radical (unpaired) electrons. The maximum atomic E-state index is 11.1. The summed E-state index contributed by atoms with van der Waals surface area (Å²) in [5, 5.41) is 17.8. The number of oxazole rings is 1. The van der Waals surface area contributed by atoms with E-state index in [-0.39, 0.29) is 17.6 Å². The summed E-state index contributed by atoms with van der Waals surface area (Å²) in [4.78, 5) is 15.3. The number of carboxylic acids is 1. The van der Waals surface area contributed by atoms with E-state index >= 15 is 0 Å². The molecular formula is C14H12N2O3. The SMILES string of the molecule is CC(C)c1nc(-c2ccc(C#N)cc2)oc1C(=O)O. The number of nitriles is 1. The van der Waals surface area contributed by atoms with Gasteiger partial charge in [0.2, 0.25) is 11.7 Å². The number of benzene rings is 1. The number of aromatic carboxylic acids is 1. The van der Waals surface area contributed by atoms with Crippen molar-refractivity contribution < 1.29 is 14.3 Å². The van der Waals surface area contributed by atoms with Gasteiger partial charge in [-0.1, -0.05) is 13.8 Å². The first-order chi connectivity index (χ1) is 9.02. The third-order valence-corrected chi connectivity index (χ3v) is 2.66. The number of aromatic nitrogens is 1. The third-order valence-electron chi connectivity index (χ3n) is 2.66.